The van der Waals surface area contributed by atoms with Crippen molar-refractivity contribution < 1.29 is 0 Å². The van der Waals surface area contributed by atoms with Gasteiger partial charge in [0, 0.05) is 21.2 Å². The van der Waals surface area contributed by atoms with E-state index >= 15 is 0 Å². The number of rotatable bonds is 2. The number of nitrogens with two attached hydrogens (primary N) is 1. The van der Waals surface area contributed by atoms with Crippen LogP contribution in [-0.2, 0) is 0 Å². The number of benzene rings is 2. The number of halogens is 2. The highest BCUT2D eigenvalue weighted by molar-refractivity contribution is 6.35. The summed E-state index contributed by atoms with van der Waals surface area (Å²) in [7, 11) is 0. The number of hydrogen-bond acceptors (Lipinski definition) is 4. The maximum absolute atomic E-state index is 9.61. The van der Waals surface area contributed by atoms with Gasteiger partial charge in [-0.25, -0.2) is 9.97 Å². The Labute approximate surface area is 143 Å². The van der Waals surface area contributed by atoms with Gasteiger partial charge in [-0.15, -0.1) is 0 Å². The molecule has 0 atom stereocenters. The van der Waals surface area contributed by atoms with Gasteiger partial charge in [-0.1, -0.05) is 53.5 Å². The Hall–Kier alpha value is -2.61. The van der Waals surface area contributed by atoms with E-state index in [0.717, 1.165) is 5.56 Å². The minimum absolute atomic E-state index is 0.0777. The van der Waals surface area contributed by atoms with Crippen molar-refractivity contribution in [2.75, 3.05) is 5.73 Å². The molecule has 0 aliphatic heterocycles. The highest BCUT2D eigenvalue weighted by atomic mass is 35.5. The minimum atomic E-state index is 0.0777. The quantitative estimate of drug-likeness (QED) is 0.741. The first-order valence-corrected chi connectivity index (χ1v) is 7.43. The molecule has 3 rings (SSSR count). The number of nitrogens with zero attached hydrogens (tertiary/aromatic N) is 3. The first-order valence-electron chi connectivity index (χ1n) is 6.68. The normalized spacial score (nSPS) is 10.3. The first kappa shape index (κ1) is 15.3. The largest absolute Gasteiger partial charge is 0.368 e. The summed E-state index contributed by atoms with van der Waals surface area (Å²) < 4.78 is 0. The van der Waals surface area contributed by atoms with E-state index in [4.69, 9.17) is 28.9 Å². The highest BCUT2D eigenvalue weighted by Crippen LogP contribution is 2.32. The van der Waals surface area contributed by atoms with Gasteiger partial charge >= 0.3 is 0 Å². The third kappa shape index (κ3) is 3.11. The van der Waals surface area contributed by atoms with Crippen LogP contribution in [0, 0.1) is 11.3 Å². The van der Waals surface area contributed by atoms with Crippen LogP contribution in [0.1, 0.15) is 5.56 Å². The fraction of sp³-hybridized carbons (Fsp3) is 0. The van der Waals surface area contributed by atoms with Crippen molar-refractivity contribution >= 4 is 29.2 Å². The molecule has 0 bridgehead atoms. The number of nitriles is 1. The Morgan fingerprint density at radius 3 is 2.00 bits per heavy atom. The van der Waals surface area contributed by atoms with Crippen LogP contribution in [0.15, 0.2) is 48.5 Å². The molecule has 0 radical (unpaired) electrons. The molecule has 2 N–H and O–H groups in total. The van der Waals surface area contributed by atoms with Gasteiger partial charge in [0.25, 0.3) is 0 Å². The lowest BCUT2D eigenvalue weighted by molar-refractivity contribution is 1.18. The predicted molar refractivity (Wildman–Crippen MR) is 92.1 cm³/mol. The van der Waals surface area contributed by atoms with Crippen molar-refractivity contribution in [2.24, 2.45) is 0 Å². The molecule has 3 aromatic rings. The summed E-state index contributed by atoms with van der Waals surface area (Å²) in [6.45, 7) is 0. The summed E-state index contributed by atoms with van der Waals surface area (Å²) in [6, 6.07) is 16.5. The van der Waals surface area contributed by atoms with E-state index < -0.39 is 0 Å². The van der Waals surface area contributed by atoms with Gasteiger partial charge < -0.3 is 5.73 Å². The standard InChI is InChI=1S/C17H10Cl2N4/c18-12-6-11(7-13(19)8-12)16-14(9-20)15(22-17(21)23-16)10-4-2-1-3-5-10/h1-8H,(H2,21,22,23). The molecule has 2 aromatic carbocycles. The van der Waals surface area contributed by atoms with Crippen LogP contribution in [0.5, 0.6) is 0 Å². The summed E-state index contributed by atoms with van der Waals surface area (Å²) in [5.74, 6) is 0.0777. The molecule has 0 spiro atoms. The van der Waals surface area contributed by atoms with E-state index in [1.165, 1.54) is 0 Å². The fourth-order valence-corrected chi connectivity index (χ4v) is 2.81. The average Bonchev–Trinajstić information content (AvgIpc) is 2.54. The van der Waals surface area contributed by atoms with E-state index in [0.29, 0.717) is 32.6 Å². The van der Waals surface area contributed by atoms with E-state index in [-0.39, 0.29) is 5.95 Å². The Bertz CT molecular complexity index is 898. The molecule has 0 unspecified atom stereocenters. The second-order valence-electron chi connectivity index (χ2n) is 4.79. The van der Waals surface area contributed by atoms with E-state index in [2.05, 4.69) is 16.0 Å². The van der Waals surface area contributed by atoms with Crippen LogP contribution in [-0.4, -0.2) is 9.97 Å². The van der Waals surface area contributed by atoms with E-state index in [1.807, 2.05) is 30.3 Å². The topological polar surface area (TPSA) is 75.6 Å². The lowest BCUT2D eigenvalue weighted by Crippen LogP contribution is -2.03. The van der Waals surface area contributed by atoms with Crippen LogP contribution in [0.4, 0.5) is 5.95 Å². The summed E-state index contributed by atoms with van der Waals surface area (Å²) in [6.07, 6.45) is 0. The maximum Gasteiger partial charge on any atom is 0.221 e. The molecule has 23 heavy (non-hydrogen) atoms. The van der Waals surface area contributed by atoms with Crippen molar-refractivity contribution in [1.29, 1.82) is 5.26 Å². The molecular weight excluding hydrogens is 331 g/mol. The fourth-order valence-electron chi connectivity index (χ4n) is 2.29. The minimum Gasteiger partial charge on any atom is -0.368 e. The molecule has 0 amide bonds. The Morgan fingerprint density at radius 2 is 1.43 bits per heavy atom. The summed E-state index contributed by atoms with van der Waals surface area (Å²) in [5, 5.41) is 10.5. The van der Waals surface area contributed by atoms with Crippen LogP contribution < -0.4 is 5.73 Å². The van der Waals surface area contributed by atoms with Gasteiger partial charge in [0.2, 0.25) is 5.95 Å². The summed E-state index contributed by atoms with van der Waals surface area (Å²) >= 11 is 12.1. The summed E-state index contributed by atoms with van der Waals surface area (Å²) in [5.41, 5.74) is 8.44. The Kier molecular flexibility index (Phi) is 4.16. The van der Waals surface area contributed by atoms with Crippen molar-refractivity contribution in [3.8, 4) is 28.6 Å². The molecule has 0 fully saturated rings. The zero-order chi connectivity index (χ0) is 16.4. The SMILES string of the molecule is N#Cc1c(-c2ccccc2)nc(N)nc1-c1cc(Cl)cc(Cl)c1. The zero-order valence-electron chi connectivity index (χ0n) is 11.8. The van der Waals surface area contributed by atoms with Gasteiger partial charge in [-0.05, 0) is 18.2 Å². The highest BCUT2D eigenvalue weighted by Gasteiger charge is 2.17. The molecule has 6 heteroatoms. The number of nitrogen functional groups attached to an aromatic ring is 1. The van der Waals surface area contributed by atoms with E-state index in [9.17, 15) is 5.26 Å². The smallest absolute Gasteiger partial charge is 0.221 e. The van der Waals surface area contributed by atoms with Crippen LogP contribution in [0.25, 0.3) is 22.5 Å². The van der Waals surface area contributed by atoms with Crippen LogP contribution >= 0.6 is 23.2 Å². The van der Waals surface area contributed by atoms with Crippen molar-refractivity contribution in [3.63, 3.8) is 0 Å². The number of hydrogen-bond donors (Lipinski definition) is 1. The molecule has 0 saturated carbocycles. The molecule has 0 saturated heterocycles. The lowest BCUT2D eigenvalue weighted by atomic mass is 10.0. The first-order chi connectivity index (χ1) is 11.1. The second-order valence-corrected chi connectivity index (χ2v) is 5.66. The number of aromatic nitrogens is 2. The zero-order valence-corrected chi connectivity index (χ0v) is 13.3. The Balaban J connectivity index is 2.30. The second kappa shape index (κ2) is 6.25. The lowest BCUT2D eigenvalue weighted by Gasteiger charge is -2.10. The van der Waals surface area contributed by atoms with Gasteiger partial charge in [0.05, 0.1) is 11.4 Å². The van der Waals surface area contributed by atoms with Crippen molar-refractivity contribution in [2.45, 2.75) is 0 Å². The molecule has 1 heterocycles. The van der Waals surface area contributed by atoms with Crippen molar-refractivity contribution in [1.82, 2.24) is 9.97 Å². The van der Waals surface area contributed by atoms with Crippen molar-refractivity contribution in [3.05, 3.63) is 64.1 Å². The molecule has 4 nitrogen and oxygen atoms in total. The molecule has 0 aliphatic carbocycles. The predicted octanol–water partition coefficient (Wildman–Crippen LogP) is 4.57. The van der Waals surface area contributed by atoms with Gasteiger partial charge in [-0.3, -0.25) is 0 Å². The van der Waals surface area contributed by atoms with Gasteiger partial charge in [-0.2, -0.15) is 5.26 Å². The van der Waals surface area contributed by atoms with E-state index in [1.54, 1.807) is 18.2 Å². The molecular formula is C17H10Cl2N4. The van der Waals surface area contributed by atoms with Gasteiger partial charge in [0.1, 0.15) is 11.6 Å². The van der Waals surface area contributed by atoms with Gasteiger partial charge in [0.15, 0.2) is 0 Å². The average molecular weight is 341 g/mol. The molecule has 112 valence electrons. The molecule has 0 aliphatic rings. The Morgan fingerprint density at radius 1 is 0.870 bits per heavy atom. The molecule has 1 aromatic heterocycles. The monoisotopic (exact) mass is 340 g/mol. The summed E-state index contributed by atoms with van der Waals surface area (Å²) in [4.78, 5) is 8.43. The number of anilines is 1. The third-order valence-corrected chi connectivity index (χ3v) is 3.66. The maximum atomic E-state index is 9.61. The van der Waals surface area contributed by atoms with Crippen LogP contribution in [0.3, 0.4) is 0 Å². The van der Waals surface area contributed by atoms with Crippen LogP contribution in [0.2, 0.25) is 10.0 Å². The third-order valence-electron chi connectivity index (χ3n) is 3.22.